The summed E-state index contributed by atoms with van der Waals surface area (Å²) < 4.78 is 10.4. The Morgan fingerprint density at radius 3 is 2.17 bits per heavy atom. The van der Waals surface area contributed by atoms with Crippen molar-refractivity contribution in [1.82, 2.24) is 16.0 Å². The van der Waals surface area contributed by atoms with Crippen molar-refractivity contribution in [1.29, 1.82) is 0 Å². The van der Waals surface area contributed by atoms with Crippen LogP contribution in [0, 0.1) is 10.5 Å². The molecule has 0 radical (unpaired) electrons. The fraction of sp³-hybridized carbons (Fsp3) is 0.324. The summed E-state index contributed by atoms with van der Waals surface area (Å²) in [4.78, 5) is 62.7. The zero-order valence-corrected chi connectivity index (χ0v) is 28.7. The Morgan fingerprint density at radius 1 is 0.809 bits per heavy atom. The van der Waals surface area contributed by atoms with Crippen molar-refractivity contribution < 1.29 is 33.4 Å². The molecule has 0 heterocycles. The lowest BCUT2D eigenvalue weighted by atomic mass is 10.0. The second-order valence-electron chi connectivity index (χ2n) is 10.7. The zero-order chi connectivity index (χ0) is 34.2. The first-order chi connectivity index (χ1) is 22.6. The lowest BCUT2D eigenvalue weighted by Gasteiger charge is -2.24. The Hall–Kier alpha value is -4.66. The van der Waals surface area contributed by atoms with Crippen LogP contribution in [0.25, 0.3) is 0 Å². The van der Waals surface area contributed by atoms with Crippen molar-refractivity contribution in [2.75, 3.05) is 31.4 Å². The van der Waals surface area contributed by atoms with Gasteiger partial charge in [0.15, 0.2) is 0 Å². The number of urea groups is 1. The van der Waals surface area contributed by atoms with Gasteiger partial charge < -0.3 is 36.1 Å². The molecular weight excluding hydrogens is 717 g/mol. The van der Waals surface area contributed by atoms with Gasteiger partial charge in [0.05, 0.1) is 33.1 Å². The number of benzene rings is 3. The lowest BCUT2D eigenvalue weighted by Crippen LogP contribution is -2.48. The number of hydrogen-bond donors (Lipinski definition) is 5. The summed E-state index contributed by atoms with van der Waals surface area (Å²) in [5.41, 5.74) is 3.58. The minimum absolute atomic E-state index is 0.00786. The minimum atomic E-state index is -0.907. The molecule has 13 heteroatoms. The molecule has 3 rings (SSSR count). The molecule has 3 aromatic carbocycles. The predicted molar refractivity (Wildman–Crippen MR) is 187 cm³/mol. The third-order valence-corrected chi connectivity index (χ3v) is 7.90. The molecule has 0 unspecified atom stereocenters. The molecular formula is C34H40IN5O7. The normalized spacial score (nSPS) is 11.7. The number of hydrogen-bond acceptors (Lipinski definition) is 7. The molecule has 0 aliphatic heterocycles. The number of aryl methyl sites for hydroxylation is 1. The van der Waals surface area contributed by atoms with Crippen LogP contribution in [0.2, 0.25) is 0 Å². The Labute approximate surface area is 287 Å². The van der Waals surface area contributed by atoms with Gasteiger partial charge in [-0.3, -0.25) is 14.4 Å². The molecule has 0 aromatic heterocycles. The number of para-hydroxylation sites is 1. The van der Waals surface area contributed by atoms with E-state index in [4.69, 9.17) is 4.74 Å². The van der Waals surface area contributed by atoms with Crippen LogP contribution < -0.4 is 26.6 Å². The van der Waals surface area contributed by atoms with E-state index in [9.17, 15) is 24.0 Å². The maximum Gasteiger partial charge on any atom is 0.406 e. The minimum Gasteiger partial charge on any atom is -0.469 e. The van der Waals surface area contributed by atoms with Gasteiger partial charge in [0.25, 0.3) is 0 Å². The van der Waals surface area contributed by atoms with Crippen LogP contribution in [-0.4, -0.2) is 56.7 Å². The number of methoxy groups -OCH3 is 2. The van der Waals surface area contributed by atoms with E-state index in [1.165, 1.54) is 14.2 Å². The summed E-state index contributed by atoms with van der Waals surface area (Å²) in [7, 11) is 2.56. The molecule has 0 fully saturated rings. The molecule has 12 nitrogen and oxygen atoms in total. The molecule has 0 bridgehead atoms. The van der Waals surface area contributed by atoms with Gasteiger partial charge >= 0.3 is 18.1 Å². The highest BCUT2D eigenvalue weighted by Gasteiger charge is 2.26. The van der Waals surface area contributed by atoms with Gasteiger partial charge in [0.2, 0.25) is 11.8 Å². The first-order valence-electron chi connectivity index (χ1n) is 15.0. The third-order valence-electron chi connectivity index (χ3n) is 7.18. The number of anilines is 2. The average molecular weight is 758 g/mol. The number of carbonyl (C=O) groups is 5. The number of halogens is 1. The Balaban J connectivity index is 1.64. The average Bonchev–Trinajstić information content (AvgIpc) is 3.05. The van der Waals surface area contributed by atoms with E-state index in [-0.39, 0.29) is 25.2 Å². The number of esters is 1. The van der Waals surface area contributed by atoms with Crippen LogP contribution in [0.4, 0.5) is 21.0 Å². The molecule has 0 spiro atoms. The van der Waals surface area contributed by atoms with Crippen LogP contribution in [0.1, 0.15) is 48.4 Å². The van der Waals surface area contributed by atoms with Crippen molar-refractivity contribution >= 4 is 63.9 Å². The number of nitrogens with one attached hydrogen (secondary N) is 5. The molecule has 0 aliphatic carbocycles. The molecule has 3 aromatic rings. The molecule has 5 amide bonds. The van der Waals surface area contributed by atoms with Crippen molar-refractivity contribution in [3.8, 4) is 0 Å². The Morgan fingerprint density at radius 2 is 1.51 bits per heavy atom. The van der Waals surface area contributed by atoms with Gasteiger partial charge in [0.1, 0.15) is 6.04 Å². The number of ether oxygens (including phenoxy) is 2. The van der Waals surface area contributed by atoms with E-state index in [0.29, 0.717) is 36.3 Å². The summed E-state index contributed by atoms with van der Waals surface area (Å²) in [5, 5.41) is 13.9. The smallest absolute Gasteiger partial charge is 0.406 e. The first kappa shape index (κ1) is 36.8. The van der Waals surface area contributed by atoms with E-state index in [0.717, 1.165) is 14.7 Å². The third kappa shape index (κ3) is 12.9. The predicted octanol–water partition coefficient (Wildman–Crippen LogP) is 5.22. The van der Waals surface area contributed by atoms with Crippen LogP contribution >= 0.6 is 22.6 Å². The zero-order valence-electron chi connectivity index (χ0n) is 26.6. The highest BCUT2D eigenvalue weighted by Crippen LogP contribution is 2.20. The van der Waals surface area contributed by atoms with Gasteiger partial charge in [-0.25, -0.2) is 9.59 Å². The maximum absolute atomic E-state index is 13.6. The van der Waals surface area contributed by atoms with Crippen molar-refractivity contribution in [3.63, 3.8) is 0 Å². The summed E-state index contributed by atoms with van der Waals surface area (Å²) in [6.45, 7) is 2.24. The van der Waals surface area contributed by atoms with Crippen LogP contribution in [0.5, 0.6) is 0 Å². The van der Waals surface area contributed by atoms with Gasteiger partial charge in [-0.15, -0.1) is 0 Å². The molecule has 47 heavy (non-hydrogen) atoms. The van der Waals surface area contributed by atoms with E-state index >= 15 is 0 Å². The Kier molecular flexibility index (Phi) is 15.0. The van der Waals surface area contributed by atoms with Gasteiger partial charge in [0, 0.05) is 21.5 Å². The highest BCUT2D eigenvalue weighted by atomic mass is 127. The number of unbranched alkanes of at least 4 members (excludes halogenated alkanes) is 1. The summed E-state index contributed by atoms with van der Waals surface area (Å²) in [6.07, 6.45) is 0.699. The Bertz CT molecular complexity index is 1520. The maximum atomic E-state index is 13.6. The number of carbonyl (C=O) groups excluding carboxylic acids is 5. The molecule has 0 saturated heterocycles. The van der Waals surface area contributed by atoms with Crippen molar-refractivity contribution in [3.05, 3.63) is 93.1 Å². The quantitative estimate of drug-likeness (QED) is 0.0807. The number of amides is 5. The standard InChI is InChI=1S/C34H40IN5O7/c1-22-8-4-5-9-27(22)40-33(44)37-26-17-11-23(12-18-26)20-30(41)38-28(10-6-7-19-36-34(45)47-3)32(43)39-29(21-31(42)46-2)24-13-15-25(35)16-14-24/h4-5,8-9,11-18,28-29H,6-7,10,19-21H2,1-3H3,(H,36,45)(H,38,41)(H,39,43)(H2,37,40,44)/t28-,29-/m0/s1. The lowest BCUT2D eigenvalue weighted by molar-refractivity contribution is -0.141. The van der Waals surface area contributed by atoms with Gasteiger partial charge in [-0.2, -0.15) is 0 Å². The fourth-order valence-corrected chi connectivity index (χ4v) is 4.97. The van der Waals surface area contributed by atoms with Crippen LogP contribution in [0.3, 0.4) is 0 Å². The number of rotatable bonds is 15. The van der Waals surface area contributed by atoms with Gasteiger partial charge in [-0.1, -0.05) is 42.5 Å². The fourth-order valence-electron chi connectivity index (χ4n) is 4.61. The molecule has 250 valence electrons. The van der Waals surface area contributed by atoms with Crippen molar-refractivity contribution in [2.45, 2.75) is 51.1 Å². The topological polar surface area (TPSA) is 164 Å². The summed E-state index contributed by atoms with van der Waals surface area (Å²) in [5.74, 6) is -1.32. The van der Waals surface area contributed by atoms with Crippen LogP contribution in [-0.2, 0) is 30.3 Å². The van der Waals surface area contributed by atoms with Crippen molar-refractivity contribution in [2.24, 2.45) is 0 Å². The van der Waals surface area contributed by atoms with E-state index < -0.39 is 36.1 Å². The monoisotopic (exact) mass is 757 g/mol. The van der Waals surface area contributed by atoms with E-state index in [1.54, 1.807) is 24.3 Å². The molecule has 0 saturated carbocycles. The second kappa shape index (κ2) is 19.1. The molecule has 5 N–H and O–H groups in total. The first-order valence-corrected chi connectivity index (χ1v) is 16.1. The summed E-state index contributed by atoms with van der Waals surface area (Å²) in [6, 6.07) is 19.7. The number of alkyl carbamates (subject to hydrolysis) is 1. The van der Waals surface area contributed by atoms with Crippen LogP contribution in [0.15, 0.2) is 72.8 Å². The molecule has 2 atom stereocenters. The van der Waals surface area contributed by atoms with Gasteiger partial charge in [-0.05, 0) is 95.8 Å². The van der Waals surface area contributed by atoms with E-state index in [1.807, 2.05) is 55.5 Å². The summed E-state index contributed by atoms with van der Waals surface area (Å²) >= 11 is 2.17. The second-order valence-corrected chi connectivity index (χ2v) is 11.9. The highest BCUT2D eigenvalue weighted by molar-refractivity contribution is 14.1. The largest absolute Gasteiger partial charge is 0.469 e. The molecule has 0 aliphatic rings. The SMILES string of the molecule is COC(=O)C[C@H](NC(=O)[C@H](CCCCNC(=O)OC)NC(=O)Cc1ccc(NC(=O)Nc2ccccc2C)cc1)c1ccc(I)cc1. The van der Waals surface area contributed by atoms with E-state index in [2.05, 4.69) is 53.9 Å².